The lowest BCUT2D eigenvalue weighted by Gasteiger charge is -2.39. The first-order valence-corrected chi connectivity index (χ1v) is 6.13. The molecule has 19 heavy (non-hydrogen) atoms. The summed E-state index contributed by atoms with van der Waals surface area (Å²) in [5.41, 5.74) is -0.257. The molecule has 0 bridgehead atoms. The van der Waals surface area contributed by atoms with Crippen molar-refractivity contribution in [2.45, 2.75) is 38.5 Å². The molecule has 0 aliphatic heterocycles. The van der Waals surface area contributed by atoms with Crippen molar-refractivity contribution in [3.05, 3.63) is 48.6 Å². The molecular formula is C15H20FNO2. The molecule has 1 aromatic carbocycles. The van der Waals surface area contributed by atoms with Gasteiger partial charge in [-0.15, -0.1) is 6.58 Å². The number of hydrogen-bond acceptors (Lipinski definition) is 1. The second kappa shape index (κ2) is 5.87. The van der Waals surface area contributed by atoms with Gasteiger partial charge in [-0.2, -0.15) is 0 Å². The van der Waals surface area contributed by atoms with Crippen LogP contribution in [-0.4, -0.2) is 27.7 Å². The maximum atomic E-state index is 14.6. The normalized spacial score (nSPS) is 14.5. The Morgan fingerprint density at radius 1 is 1.37 bits per heavy atom. The second-order valence-corrected chi connectivity index (χ2v) is 5.36. The van der Waals surface area contributed by atoms with Crippen LogP contribution in [0.25, 0.3) is 0 Å². The van der Waals surface area contributed by atoms with Gasteiger partial charge in [-0.25, -0.2) is 9.18 Å². The van der Waals surface area contributed by atoms with E-state index in [1.54, 1.807) is 51.1 Å². The van der Waals surface area contributed by atoms with E-state index in [9.17, 15) is 14.3 Å². The highest BCUT2D eigenvalue weighted by Gasteiger charge is 2.36. The summed E-state index contributed by atoms with van der Waals surface area (Å²) in [4.78, 5) is 12.5. The Labute approximate surface area is 113 Å². The smallest absolute Gasteiger partial charge is 0.408 e. The molecule has 0 aliphatic rings. The number of carbonyl (C=O) groups is 1. The van der Waals surface area contributed by atoms with Crippen LogP contribution >= 0.6 is 0 Å². The summed E-state index contributed by atoms with van der Waals surface area (Å²) in [6.07, 6.45) is -1.25. The number of nitrogens with zero attached hydrogens (tertiary/aromatic N) is 1. The lowest BCUT2D eigenvalue weighted by Crippen LogP contribution is -2.51. The molecule has 0 saturated heterocycles. The van der Waals surface area contributed by atoms with E-state index in [0.29, 0.717) is 5.56 Å². The van der Waals surface area contributed by atoms with Crippen molar-refractivity contribution in [2.24, 2.45) is 0 Å². The summed E-state index contributed by atoms with van der Waals surface area (Å²) < 4.78 is 14.6. The Kier molecular flexibility index (Phi) is 4.70. The van der Waals surface area contributed by atoms with Crippen LogP contribution in [0.3, 0.4) is 0 Å². The van der Waals surface area contributed by atoms with Crippen molar-refractivity contribution in [2.75, 3.05) is 0 Å². The van der Waals surface area contributed by atoms with Gasteiger partial charge in [-0.1, -0.05) is 36.4 Å². The van der Waals surface area contributed by atoms with Crippen molar-refractivity contribution in [1.82, 2.24) is 4.90 Å². The highest BCUT2D eigenvalue weighted by atomic mass is 19.1. The first-order valence-electron chi connectivity index (χ1n) is 6.13. The molecule has 1 aromatic rings. The van der Waals surface area contributed by atoms with Gasteiger partial charge < -0.3 is 5.11 Å². The van der Waals surface area contributed by atoms with Crippen molar-refractivity contribution in [1.29, 1.82) is 0 Å². The summed E-state index contributed by atoms with van der Waals surface area (Å²) in [5, 5.41) is 9.32. The molecular weight excluding hydrogens is 245 g/mol. The van der Waals surface area contributed by atoms with E-state index < -0.39 is 23.8 Å². The average Bonchev–Trinajstić information content (AvgIpc) is 2.34. The monoisotopic (exact) mass is 265 g/mol. The standard InChI is InChI=1S/C15H20FNO2/c1-5-12(17(14(18)19)15(2,3)4)13(16)11-9-7-6-8-10-11/h5-10,12-13H,1H2,2-4H3,(H,18,19)/t12-,13+/m1/s1. The highest BCUT2D eigenvalue weighted by molar-refractivity contribution is 5.67. The first kappa shape index (κ1) is 15.2. The van der Waals surface area contributed by atoms with E-state index >= 15 is 0 Å². The van der Waals surface area contributed by atoms with Crippen LogP contribution in [0.2, 0.25) is 0 Å². The molecule has 1 rings (SSSR count). The maximum Gasteiger partial charge on any atom is 0.408 e. The maximum absolute atomic E-state index is 14.6. The number of alkyl halides is 1. The van der Waals surface area contributed by atoms with E-state index in [0.717, 1.165) is 4.90 Å². The second-order valence-electron chi connectivity index (χ2n) is 5.36. The molecule has 4 heteroatoms. The molecule has 0 radical (unpaired) electrons. The molecule has 0 saturated carbocycles. The lowest BCUT2D eigenvalue weighted by atomic mass is 9.97. The van der Waals surface area contributed by atoms with Gasteiger partial charge in [0.25, 0.3) is 0 Å². The SMILES string of the molecule is C=C[C@H]([C@@H](F)c1ccccc1)N(C(=O)O)C(C)(C)C. The van der Waals surface area contributed by atoms with E-state index in [4.69, 9.17) is 0 Å². The molecule has 3 nitrogen and oxygen atoms in total. The van der Waals surface area contributed by atoms with Gasteiger partial charge in [0, 0.05) is 5.54 Å². The van der Waals surface area contributed by atoms with E-state index in [-0.39, 0.29) is 0 Å². The van der Waals surface area contributed by atoms with Gasteiger partial charge in [-0.3, -0.25) is 4.90 Å². The summed E-state index contributed by atoms with van der Waals surface area (Å²) in [7, 11) is 0. The van der Waals surface area contributed by atoms with Gasteiger partial charge in [0.15, 0.2) is 0 Å². The molecule has 0 unspecified atom stereocenters. The Balaban J connectivity index is 3.11. The number of hydrogen-bond donors (Lipinski definition) is 1. The van der Waals surface area contributed by atoms with Crippen LogP contribution in [0.5, 0.6) is 0 Å². The Morgan fingerprint density at radius 3 is 2.26 bits per heavy atom. The third kappa shape index (κ3) is 3.56. The fraction of sp³-hybridized carbons (Fsp3) is 0.400. The fourth-order valence-corrected chi connectivity index (χ4v) is 2.05. The quantitative estimate of drug-likeness (QED) is 0.835. The molecule has 1 N–H and O–H groups in total. The largest absolute Gasteiger partial charge is 0.465 e. The van der Waals surface area contributed by atoms with Crippen LogP contribution < -0.4 is 0 Å². The number of rotatable bonds is 4. The molecule has 0 aliphatic carbocycles. The zero-order valence-electron chi connectivity index (χ0n) is 11.5. The number of carboxylic acid groups (broad SMARTS) is 1. The van der Waals surface area contributed by atoms with Gasteiger partial charge in [-0.05, 0) is 26.3 Å². The van der Waals surface area contributed by atoms with Gasteiger partial charge in [0.2, 0.25) is 0 Å². The van der Waals surface area contributed by atoms with Gasteiger partial charge in [0.05, 0.1) is 6.04 Å². The van der Waals surface area contributed by atoms with Crippen molar-refractivity contribution in [3.8, 4) is 0 Å². The molecule has 1 amide bonds. The van der Waals surface area contributed by atoms with E-state index in [1.807, 2.05) is 0 Å². The summed E-state index contributed by atoms with van der Waals surface area (Å²) in [6, 6.07) is 7.61. The number of benzene rings is 1. The van der Waals surface area contributed by atoms with E-state index in [1.165, 1.54) is 6.08 Å². The highest BCUT2D eigenvalue weighted by Crippen LogP contribution is 2.30. The Morgan fingerprint density at radius 2 is 1.89 bits per heavy atom. The molecule has 0 aromatic heterocycles. The minimum absolute atomic E-state index is 0.447. The molecule has 2 atom stereocenters. The lowest BCUT2D eigenvalue weighted by molar-refractivity contribution is 0.0552. The van der Waals surface area contributed by atoms with Crippen LogP contribution in [0.1, 0.15) is 32.5 Å². The molecule has 0 fully saturated rings. The first-order chi connectivity index (χ1) is 8.79. The third-order valence-electron chi connectivity index (χ3n) is 2.89. The zero-order valence-corrected chi connectivity index (χ0v) is 11.5. The minimum Gasteiger partial charge on any atom is -0.465 e. The van der Waals surface area contributed by atoms with Crippen molar-refractivity contribution < 1.29 is 14.3 Å². The van der Waals surface area contributed by atoms with Crippen molar-refractivity contribution in [3.63, 3.8) is 0 Å². The Hall–Kier alpha value is -1.84. The molecule has 104 valence electrons. The molecule has 0 heterocycles. The Bertz CT molecular complexity index is 439. The topological polar surface area (TPSA) is 40.5 Å². The predicted molar refractivity (Wildman–Crippen MR) is 73.9 cm³/mol. The fourth-order valence-electron chi connectivity index (χ4n) is 2.05. The van der Waals surface area contributed by atoms with Crippen LogP contribution in [0.15, 0.2) is 43.0 Å². The average molecular weight is 265 g/mol. The number of halogens is 1. The van der Waals surface area contributed by atoms with Gasteiger partial charge >= 0.3 is 6.09 Å². The summed E-state index contributed by atoms with van der Waals surface area (Å²) in [6.45, 7) is 8.77. The number of amides is 1. The van der Waals surface area contributed by atoms with E-state index in [2.05, 4.69) is 6.58 Å². The molecule has 0 spiro atoms. The third-order valence-corrected chi connectivity index (χ3v) is 2.89. The van der Waals surface area contributed by atoms with Crippen LogP contribution in [0.4, 0.5) is 9.18 Å². The predicted octanol–water partition coefficient (Wildman–Crippen LogP) is 4.03. The zero-order chi connectivity index (χ0) is 14.6. The van der Waals surface area contributed by atoms with Gasteiger partial charge in [0.1, 0.15) is 6.17 Å². The van der Waals surface area contributed by atoms with Crippen molar-refractivity contribution >= 4 is 6.09 Å². The van der Waals surface area contributed by atoms with Crippen LogP contribution in [0, 0.1) is 0 Å². The van der Waals surface area contributed by atoms with Crippen LogP contribution in [-0.2, 0) is 0 Å². The summed E-state index contributed by atoms with van der Waals surface area (Å²) >= 11 is 0. The summed E-state index contributed by atoms with van der Waals surface area (Å²) in [5.74, 6) is 0. The minimum atomic E-state index is -1.44.